The second-order valence-corrected chi connectivity index (χ2v) is 12.4. The van der Waals surface area contributed by atoms with Gasteiger partial charge in [0.25, 0.3) is 0 Å². The normalized spacial score (nSPS) is 13.6. The van der Waals surface area contributed by atoms with Crippen molar-refractivity contribution in [1.29, 1.82) is 0 Å². The van der Waals surface area contributed by atoms with Gasteiger partial charge in [-0.25, -0.2) is 0 Å². The van der Waals surface area contributed by atoms with Crippen LogP contribution in [0.25, 0.3) is 0 Å². The summed E-state index contributed by atoms with van der Waals surface area (Å²) in [6, 6.07) is 7.85. The van der Waals surface area contributed by atoms with Gasteiger partial charge in [-0.2, -0.15) is 0 Å². The number of halogens is 1. The van der Waals surface area contributed by atoms with Crippen molar-refractivity contribution in [1.82, 2.24) is 0 Å². The van der Waals surface area contributed by atoms with Crippen LogP contribution in [0.2, 0.25) is 10.1 Å². The molecule has 0 aromatic heterocycles. The highest BCUT2D eigenvalue weighted by Crippen LogP contribution is 2.49. The molecule has 0 atom stereocenters. The third-order valence-corrected chi connectivity index (χ3v) is 8.36. The van der Waals surface area contributed by atoms with Gasteiger partial charge in [0.2, 0.25) is 0 Å². The Labute approximate surface area is 125 Å². The molecule has 0 radical (unpaired) electrons. The van der Waals surface area contributed by atoms with Crippen molar-refractivity contribution in [3.63, 3.8) is 0 Å². The van der Waals surface area contributed by atoms with Crippen molar-refractivity contribution in [2.45, 2.75) is 51.6 Å². The molecule has 1 rings (SSSR count). The molecule has 1 N–H and O–H groups in total. The minimum Gasteiger partial charge on any atom is -0.520 e. The van der Waals surface area contributed by atoms with E-state index < -0.39 is 8.56 Å². The van der Waals surface area contributed by atoms with Gasteiger partial charge in [-0.15, -0.1) is 0 Å². The van der Waals surface area contributed by atoms with Crippen molar-refractivity contribution >= 4 is 31.2 Å². The number of rotatable bonds is 2. The molecular formula is C14H23IO2Si. The quantitative estimate of drug-likeness (QED) is 0.597. The highest BCUT2D eigenvalue weighted by Gasteiger charge is 2.57. The Hall–Kier alpha value is -0.0731. The fourth-order valence-electron chi connectivity index (χ4n) is 2.13. The van der Waals surface area contributed by atoms with Crippen LogP contribution in [0.1, 0.15) is 41.5 Å². The average molecular weight is 378 g/mol. The van der Waals surface area contributed by atoms with Crippen LogP contribution in [0, 0.1) is 3.57 Å². The molecule has 0 saturated carbocycles. The van der Waals surface area contributed by atoms with E-state index in [9.17, 15) is 4.80 Å². The molecule has 0 saturated heterocycles. The Balaban J connectivity index is 3.16. The van der Waals surface area contributed by atoms with Gasteiger partial charge in [-0.1, -0.05) is 47.6 Å². The first-order valence-electron chi connectivity index (χ1n) is 6.14. The summed E-state index contributed by atoms with van der Waals surface area (Å²) < 4.78 is 7.22. The molecule has 1 aromatic carbocycles. The summed E-state index contributed by atoms with van der Waals surface area (Å²) >= 11 is 2.25. The SMILES string of the molecule is CC(C)(C)[Si](O)(Oc1cccc(I)c1)C(C)(C)C. The van der Waals surface area contributed by atoms with Gasteiger partial charge < -0.3 is 9.22 Å². The molecule has 0 fully saturated rings. The van der Waals surface area contributed by atoms with Gasteiger partial charge in [0.15, 0.2) is 0 Å². The zero-order valence-electron chi connectivity index (χ0n) is 12.0. The number of hydrogen-bond acceptors (Lipinski definition) is 2. The van der Waals surface area contributed by atoms with Crippen LogP contribution >= 0.6 is 22.6 Å². The molecule has 0 heterocycles. The van der Waals surface area contributed by atoms with E-state index in [4.69, 9.17) is 4.43 Å². The van der Waals surface area contributed by atoms with Crippen molar-refractivity contribution in [3.8, 4) is 5.75 Å². The van der Waals surface area contributed by atoms with Gasteiger partial charge in [0, 0.05) is 13.6 Å². The third-order valence-electron chi connectivity index (χ3n) is 3.09. The lowest BCUT2D eigenvalue weighted by atomic mass is 10.2. The van der Waals surface area contributed by atoms with E-state index in [1.54, 1.807) is 0 Å². The Morgan fingerprint density at radius 1 is 1.06 bits per heavy atom. The summed E-state index contributed by atoms with van der Waals surface area (Å²) in [4.78, 5) is 11.1. The van der Waals surface area contributed by atoms with Crippen LogP contribution in [0.15, 0.2) is 24.3 Å². The van der Waals surface area contributed by atoms with Gasteiger partial charge in [-0.3, -0.25) is 0 Å². The third kappa shape index (κ3) is 3.27. The first-order valence-corrected chi connectivity index (χ1v) is 9.08. The lowest BCUT2D eigenvalue weighted by Gasteiger charge is -2.45. The maximum atomic E-state index is 11.1. The molecule has 0 amide bonds. The largest absolute Gasteiger partial charge is 0.520 e. The molecule has 4 heteroatoms. The standard InChI is InChI=1S/C14H23IO2Si/c1-13(2,3)18(16,14(4,5)6)17-12-9-7-8-11(15)10-12/h7-10,16H,1-6H3. The van der Waals surface area contributed by atoms with Gasteiger partial charge in [-0.05, 0) is 40.8 Å². The molecule has 102 valence electrons. The van der Waals surface area contributed by atoms with Crippen LogP contribution in [0.3, 0.4) is 0 Å². The second kappa shape index (κ2) is 5.13. The lowest BCUT2D eigenvalue weighted by molar-refractivity contribution is 0.284. The molecule has 0 aliphatic heterocycles. The summed E-state index contributed by atoms with van der Waals surface area (Å²) in [5.41, 5.74) is 0. The van der Waals surface area contributed by atoms with Gasteiger partial charge >= 0.3 is 8.56 Å². The van der Waals surface area contributed by atoms with Crippen LogP contribution in [0.5, 0.6) is 5.75 Å². The zero-order valence-corrected chi connectivity index (χ0v) is 15.2. The molecule has 0 aliphatic carbocycles. The zero-order chi connectivity index (χ0) is 14.2. The summed E-state index contributed by atoms with van der Waals surface area (Å²) in [5, 5.41) is -0.487. The first kappa shape index (κ1) is 16.0. The molecule has 2 nitrogen and oxygen atoms in total. The summed E-state index contributed by atoms with van der Waals surface area (Å²) in [6.45, 7) is 12.3. The molecule has 0 aliphatic rings. The smallest absolute Gasteiger partial charge is 0.407 e. The topological polar surface area (TPSA) is 29.5 Å². The number of hydrogen-bond donors (Lipinski definition) is 1. The average Bonchev–Trinajstić information content (AvgIpc) is 2.13. The Bertz CT molecular complexity index is 405. The first-order chi connectivity index (χ1) is 7.97. The van der Waals surface area contributed by atoms with E-state index in [0.29, 0.717) is 0 Å². The highest BCUT2D eigenvalue weighted by molar-refractivity contribution is 14.1. The number of benzene rings is 1. The molecule has 1 aromatic rings. The molecule has 0 spiro atoms. The van der Waals surface area contributed by atoms with E-state index in [0.717, 1.165) is 9.32 Å². The lowest BCUT2D eigenvalue weighted by Crippen LogP contribution is -2.57. The van der Waals surface area contributed by atoms with Crippen molar-refractivity contribution in [2.24, 2.45) is 0 Å². The fraction of sp³-hybridized carbons (Fsp3) is 0.571. The molecule has 18 heavy (non-hydrogen) atoms. The van der Waals surface area contributed by atoms with E-state index in [1.165, 1.54) is 0 Å². The minimum atomic E-state index is -2.92. The van der Waals surface area contributed by atoms with Crippen LogP contribution in [-0.4, -0.2) is 13.4 Å². The highest BCUT2D eigenvalue weighted by atomic mass is 127. The predicted molar refractivity (Wildman–Crippen MR) is 87.2 cm³/mol. The Morgan fingerprint density at radius 2 is 1.56 bits per heavy atom. The van der Waals surface area contributed by atoms with Crippen molar-refractivity contribution < 1.29 is 9.22 Å². The fourth-order valence-corrected chi connectivity index (χ4v) is 5.98. The van der Waals surface area contributed by atoms with Crippen LogP contribution in [0.4, 0.5) is 0 Å². The van der Waals surface area contributed by atoms with E-state index in [2.05, 4.69) is 64.1 Å². The molecular weight excluding hydrogens is 355 g/mol. The summed E-state index contributed by atoms with van der Waals surface area (Å²) in [5.74, 6) is 0.765. The monoisotopic (exact) mass is 378 g/mol. The van der Waals surface area contributed by atoms with Gasteiger partial charge in [0.1, 0.15) is 5.75 Å². The van der Waals surface area contributed by atoms with Crippen molar-refractivity contribution in [2.75, 3.05) is 0 Å². The second-order valence-electron chi connectivity index (χ2n) is 6.70. The van der Waals surface area contributed by atoms with E-state index >= 15 is 0 Å². The minimum absolute atomic E-state index is 0.244. The van der Waals surface area contributed by atoms with Crippen LogP contribution in [-0.2, 0) is 0 Å². The predicted octanol–water partition coefficient (Wildman–Crippen LogP) is 4.70. The van der Waals surface area contributed by atoms with Crippen molar-refractivity contribution in [3.05, 3.63) is 27.8 Å². The Morgan fingerprint density at radius 3 is 1.94 bits per heavy atom. The summed E-state index contributed by atoms with van der Waals surface area (Å²) in [6.07, 6.45) is 0. The van der Waals surface area contributed by atoms with Crippen LogP contribution < -0.4 is 4.43 Å². The maximum Gasteiger partial charge on any atom is 0.407 e. The Kier molecular flexibility index (Phi) is 4.56. The molecule has 0 bridgehead atoms. The van der Waals surface area contributed by atoms with Gasteiger partial charge in [0.05, 0.1) is 0 Å². The maximum absolute atomic E-state index is 11.1. The van der Waals surface area contributed by atoms with E-state index in [-0.39, 0.29) is 10.1 Å². The van der Waals surface area contributed by atoms with E-state index in [1.807, 2.05) is 24.3 Å². The summed E-state index contributed by atoms with van der Waals surface area (Å²) in [7, 11) is -2.92. The molecule has 0 unspecified atom stereocenters.